The van der Waals surface area contributed by atoms with Crippen LogP contribution in [0.3, 0.4) is 0 Å². The number of aliphatic imine (C=N–C) groups is 1. The molecule has 1 aromatic rings. The van der Waals surface area contributed by atoms with E-state index in [4.69, 9.17) is 5.41 Å². The molecule has 1 aliphatic carbocycles. The van der Waals surface area contributed by atoms with Crippen molar-refractivity contribution < 1.29 is 4.79 Å². The molecule has 0 saturated heterocycles. The maximum atomic E-state index is 12.0. The van der Waals surface area contributed by atoms with Gasteiger partial charge in [-0.05, 0) is 31.0 Å². The van der Waals surface area contributed by atoms with E-state index in [0.717, 1.165) is 17.3 Å². The van der Waals surface area contributed by atoms with Crippen LogP contribution in [0.5, 0.6) is 0 Å². The standard InChI is InChI=1S/C12H9BrN2O/c13-7-3-4-9-8(5-7)12(16)10(14)11(15-9)6-1-2-6/h3-6,14H,1-2H2. The highest BCUT2D eigenvalue weighted by atomic mass is 79.9. The zero-order chi connectivity index (χ0) is 11.3. The molecule has 1 N–H and O–H groups in total. The second-order valence-corrected chi connectivity index (χ2v) is 5.05. The van der Waals surface area contributed by atoms with Gasteiger partial charge in [-0.3, -0.25) is 15.2 Å². The Morgan fingerprint density at radius 1 is 1.38 bits per heavy atom. The first kappa shape index (κ1) is 9.90. The number of nitrogens with one attached hydrogen (secondary N) is 1. The number of rotatable bonds is 1. The zero-order valence-electron chi connectivity index (χ0n) is 8.46. The summed E-state index contributed by atoms with van der Waals surface area (Å²) in [5.41, 5.74) is 1.99. The highest BCUT2D eigenvalue weighted by Gasteiger charge is 2.36. The van der Waals surface area contributed by atoms with Crippen molar-refractivity contribution in [3.63, 3.8) is 0 Å². The molecule has 1 aliphatic heterocycles. The first-order valence-corrected chi connectivity index (χ1v) is 5.98. The van der Waals surface area contributed by atoms with E-state index in [-0.39, 0.29) is 11.5 Å². The Balaban J connectivity index is 2.18. The normalized spacial score (nSPS) is 19.4. The topological polar surface area (TPSA) is 53.3 Å². The van der Waals surface area contributed by atoms with E-state index < -0.39 is 0 Å². The molecule has 0 bridgehead atoms. The van der Waals surface area contributed by atoms with Gasteiger partial charge in [-0.25, -0.2) is 0 Å². The van der Waals surface area contributed by atoms with Gasteiger partial charge in [-0.1, -0.05) is 15.9 Å². The molecule has 3 rings (SSSR count). The van der Waals surface area contributed by atoms with Crippen molar-refractivity contribution in [1.29, 1.82) is 5.41 Å². The maximum absolute atomic E-state index is 12.0. The smallest absolute Gasteiger partial charge is 0.214 e. The van der Waals surface area contributed by atoms with E-state index in [1.54, 1.807) is 6.07 Å². The molecule has 1 fully saturated rings. The number of benzene rings is 1. The number of hydrogen-bond acceptors (Lipinski definition) is 3. The summed E-state index contributed by atoms with van der Waals surface area (Å²) >= 11 is 3.32. The van der Waals surface area contributed by atoms with E-state index in [2.05, 4.69) is 20.9 Å². The van der Waals surface area contributed by atoms with Gasteiger partial charge in [0.15, 0.2) is 0 Å². The van der Waals surface area contributed by atoms with Crippen molar-refractivity contribution in [2.24, 2.45) is 10.9 Å². The van der Waals surface area contributed by atoms with E-state index in [1.165, 1.54) is 0 Å². The van der Waals surface area contributed by atoms with Crippen LogP contribution in [0.1, 0.15) is 23.2 Å². The van der Waals surface area contributed by atoms with Crippen LogP contribution in [0.25, 0.3) is 0 Å². The van der Waals surface area contributed by atoms with Gasteiger partial charge in [0, 0.05) is 10.4 Å². The van der Waals surface area contributed by atoms with Crippen LogP contribution >= 0.6 is 15.9 Å². The zero-order valence-corrected chi connectivity index (χ0v) is 10.0. The number of Topliss-reactive ketones (excluding diaryl/α,β-unsaturated/α-hetero) is 1. The Labute approximate surface area is 101 Å². The van der Waals surface area contributed by atoms with Crippen molar-refractivity contribution in [2.45, 2.75) is 12.8 Å². The number of carbonyl (C=O) groups is 1. The van der Waals surface area contributed by atoms with Gasteiger partial charge in [-0.2, -0.15) is 0 Å². The van der Waals surface area contributed by atoms with Crippen molar-refractivity contribution in [3.8, 4) is 0 Å². The lowest BCUT2D eigenvalue weighted by Gasteiger charge is -2.15. The minimum Gasteiger partial charge on any atom is -0.295 e. The third kappa shape index (κ3) is 1.45. The summed E-state index contributed by atoms with van der Waals surface area (Å²) in [6, 6.07) is 5.43. The van der Waals surface area contributed by atoms with Crippen LogP contribution in [0.2, 0.25) is 0 Å². The Morgan fingerprint density at radius 3 is 2.81 bits per heavy atom. The lowest BCUT2D eigenvalue weighted by molar-refractivity contribution is 0.106. The predicted molar refractivity (Wildman–Crippen MR) is 66.0 cm³/mol. The van der Waals surface area contributed by atoms with Gasteiger partial charge in [0.05, 0.1) is 17.0 Å². The number of nitrogens with zero attached hydrogens (tertiary/aromatic N) is 1. The molecular formula is C12H9BrN2O. The van der Waals surface area contributed by atoms with E-state index in [9.17, 15) is 4.79 Å². The molecular weight excluding hydrogens is 268 g/mol. The van der Waals surface area contributed by atoms with Crippen molar-refractivity contribution in [1.82, 2.24) is 0 Å². The molecule has 0 aromatic heterocycles. The van der Waals surface area contributed by atoms with Crippen molar-refractivity contribution in [2.75, 3.05) is 0 Å². The molecule has 0 radical (unpaired) electrons. The third-order valence-electron chi connectivity index (χ3n) is 2.89. The Hall–Kier alpha value is -1.29. The summed E-state index contributed by atoms with van der Waals surface area (Å²) in [6.45, 7) is 0. The van der Waals surface area contributed by atoms with Gasteiger partial charge in [0.25, 0.3) is 0 Å². The summed E-state index contributed by atoms with van der Waals surface area (Å²) in [4.78, 5) is 16.4. The first-order valence-electron chi connectivity index (χ1n) is 5.18. The number of hydrogen-bond donors (Lipinski definition) is 1. The largest absolute Gasteiger partial charge is 0.295 e. The lowest BCUT2D eigenvalue weighted by atomic mass is 9.96. The lowest BCUT2D eigenvalue weighted by Crippen LogP contribution is -2.28. The predicted octanol–water partition coefficient (Wildman–Crippen LogP) is 3.15. The van der Waals surface area contributed by atoms with Gasteiger partial charge >= 0.3 is 0 Å². The Morgan fingerprint density at radius 2 is 2.12 bits per heavy atom. The molecule has 80 valence electrons. The highest BCUT2D eigenvalue weighted by Crippen LogP contribution is 2.36. The van der Waals surface area contributed by atoms with Crippen LogP contribution in [0, 0.1) is 11.3 Å². The Bertz CT molecular complexity index is 544. The molecule has 2 aliphatic rings. The first-order chi connectivity index (χ1) is 7.66. The van der Waals surface area contributed by atoms with Crippen LogP contribution in [-0.2, 0) is 0 Å². The fourth-order valence-corrected chi connectivity index (χ4v) is 2.24. The molecule has 3 nitrogen and oxygen atoms in total. The molecule has 0 spiro atoms. The van der Waals surface area contributed by atoms with Crippen LogP contribution < -0.4 is 0 Å². The summed E-state index contributed by atoms with van der Waals surface area (Å²) in [7, 11) is 0. The quantitative estimate of drug-likeness (QED) is 0.842. The second kappa shape index (κ2) is 3.35. The maximum Gasteiger partial charge on any atom is 0.214 e. The van der Waals surface area contributed by atoms with E-state index >= 15 is 0 Å². The highest BCUT2D eigenvalue weighted by molar-refractivity contribution is 9.10. The number of halogens is 1. The minimum atomic E-state index is -0.201. The summed E-state index contributed by atoms with van der Waals surface area (Å²) in [5, 5.41) is 7.83. The molecule has 16 heavy (non-hydrogen) atoms. The number of carbonyl (C=O) groups excluding carboxylic acids is 1. The second-order valence-electron chi connectivity index (χ2n) is 4.14. The fraction of sp³-hybridized carbons (Fsp3) is 0.250. The molecule has 4 heteroatoms. The average Bonchev–Trinajstić information content (AvgIpc) is 3.08. The van der Waals surface area contributed by atoms with E-state index in [0.29, 0.717) is 22.9 Å². The molecule has 0 amide bonds. The third-order valence-corrected chi connectivity index (χ3v) is 3.38. The molecule has 1 heterocycles. The van der Waals surface area contributed by atoms with Gasteiger partial charge in [0.2, 0.25) is 5.78 Å². The summed E-state index contributed by atoms with van der Waals surface area (Å²) < 4.78 is 0.845. The van der Waals surface area contributed by atoms with Gasteiger partial charge < -0.3 is 0 Å². The molecule has 1 aromatic carbocycles. The van der Waals surface area contributed by atoms with Crippen molar-refractivity contribution >= 4 is 38.8 Å². The molecule has 0 atom stereocenters. The number of ketones is 1. The van der Waals surface area contributed by atoms with Gasteiger partial charge in [0.1, 0.15) is 5.71 Å². The number of fused-ring (bicyclic) bond motifs is 1. The monoisotopic (exact) mass is 276 g/mol. The SMILES string of the molecule is N=C1C(=O)c2cc(Br)ccc2N=C1C1CC1. The van der Waals surface area contributed by atoms with E-state index in [1.807, 2.05) is 12.1 Å². The van der Waals surface area contributed by atoms with Crippen LogP contribution in [0.15, 0.2) is 27.7 Å². The fourth-order valence-electron chi connectivity index (χ4n) is 1.88. The summed E-state index contributed by atoms with van der Waals surface area (Å²) in [5.74, 6) is 0.140. The van der Waals surface area contributed by atoms with Gasteiger partial charge in [-0.15, -0.1) is 0 Å². The molecule has 0 unspecified atom stereocenters. The summed E-state index contributed by atoms with van der Waals surface area (Å²) in [6.07, 6.45) is 2.11. The van der Waals surface area contributed by atoms with Crippen LogP contribution in [-0.4, -0.2) is 17.2 Å². The van der Waals surface area contributed by atoms with Crippen molar-refractivity contribution in [3.05, 3.63) is 28.2 Å². The average molecular weight is 277 g/mol. The Kier molecular flexibility index (Phi) is 2.07. The minimum absolute atomic E-state index is 0.0769. The van der Waals surface area contributed by atoms with Crippen LogP contribution in [0.4, 0.5) is 5.69 Å². The molecule has 1 saturated carbocycles.